The van der Waals surface area contributed by atoms with Crippen LogP contribution in [0.25, 0.3) is 11.0 Å². The zero-order valence-corrected chi connectivity index (χ0v) is 11.6. The van der Waals surface area contributed by atoms with Crippen molar-refractivity contribution in [3.63, 3.8) is 0 Å². The van der Waals surface area contributed by atoms with Crippen LogP contribution in [0.3, 0.4) is 0 Å². The van der Waals surface area contributed by atoms with E-state index in [0.29, 0.717) is 12.1 Å². The van der Waals surface area contributed by atoms with Gasteiger partial charge in [-0.15, -0.1) is 0 Å². The average Bonchev–Trinajstić information content (AvgIpc) is 2.68. The topological polar surface area (TPSA) is 68.8 Å². The molecule has 0 aliphatic heterocycles. The van der Waals surface area contributed by atoms with Crippen LogP contribution < -0.4 is 11.1 Å². The number of fused-ring (bicyclic) bond motifs is 1. The van der Waals surface area contributed by atoms with Crippen molar-refractivity contribution >= 4 is 16.7 Å². The lowest BCUT2D eigenvalue weighted by Crippen LogP contribution is -2.32. The summed E-state index contributed by atoms with van der Waals surface area (Å²) >= 11 is 0. The van der Waals surface area contributed by atoms with Crippen molar-refractivity contribution in [1.29, 1.82) is 0 Å². The maximum atomic E-state index is 5.94. The number of aryl methyl sites for hydroxylation is 2. The van der Waals surface area contributed by atoms with Gasteiger partial charge in [-0.3, -0.25) is 4.68 Å². The van der Waals surface area contributed by atoms with Crippen LogP contribution in [0.5, 0.6) is 0 Å². The molecule has 5 heteroatoms. The lowest BCUT2D eigenvalue weighted by atomic mass is 9.92. The van der Waals surface area contributed by atoms with Crippen LogP contribution >= 0.6 is 0 Å². The van der Waals surface area contributed by atoms with Crippen molar-refractivity contribution < 1.29 is 0 Å². The smallest absolute Gasteiger partial charge is 0.157 e. The molecule has 0 spiro atoms. The second kappa shape index (κ2) is 4.81. The Morgan fingerprint density at radius 3 is 2.79 bits per heavy atom. The highest BCUT2D eigenvalue weighted by Gasteiger charge is 2.18. The predicted octanol–water partition coefficient (Wildman–Crippen LogP) is 1.96. The number of hydrogen-bond acceptors (Lipinski definition) is 4. The normalized spacial score (nSPS) is 23.7. The van der Waals surface area contributed by atoms with Gasteiger partial charge in [-0.2, -0.15) is 5.10 Å². The molecule has 3 N–H and O–H groups in total. The van der Waals surface area contributed by atoms with Gasteiger partial charge in [-0.25, -0.2) is 4.98 Å². The zero-order valence-electron chi connectivity index (χ0n) is 11.6. The molecular weight excluding hydrogens is 238 g/mol. The average molecular weight is 259 g/mol. The number of nitrogens with two attached hydrogens (primary N) is 1. The molecule has 0 amide bonds. The van der Waals surface area contributed by atoms with E-state index in [4.69, 9.17) is 5.73 Å². The van der Waals surface area contributed by atoms with Gasteiger partial charge in [-0.05, 0) is 38.7 Å². The Hall–Kier alpha value is -1.62. The highest BCUT2D eigenvalue weighted by atomic mass is 15.3. The summed E-state index contributed by atoms with van der Waals surface area (Å²) in [5, 5.41) is 9.10. The van der Waals surface area contributed by atoms with E-state index in [1.54, 1.807) is 0 Å². The van der Waals surface area contributed by atoms with Gasteiger partial charge >= 0.3 is 0 Å². The minimum Gasteiger partial charge on any atom is -0.381 e. The first kappa shape index (κ1) is 12.4. The van der Waals surface area contributed by atoms with E-state index in [2.05, 4.69) is 21.5 Å². The largest absolute Gasteiger partial charge is 0.381 e. The third-order valence-electron chi connectivity index (χ3n) is 4.01. The fourth-order valence-corrected chi connectivity index (χ4v) is 2.89. The fraction of sp³-hybridized carbons (Fsp3) is 0.571. The summed E-state index contributed by atoms with van der Waals surface area (Å²) in [6, 6.07) is 3.06. The molecule has 2 heterocycles. The first-order valence-electron chi connectivity index (χ1n) is 6.95. The highest BCUT2D eigenvalue weighted by molar-refractivity contribution is 5.81. The van der Waals surface area contributed by atoms with Crippen molar-refractivity contribution in [1.82, 2.24) is 14.8 Å². The van der Waals surface area contributed by atoms with Gasteiger partial charge < -0.3 is 11.1 Å². The van der Waals surface area contributed by atoms with Crippen LogP contribution in [0, 0.1) is 6.92 Å². The first-order valence-corrected chi connectivity index (χ1v) is 6.95. The molecule has 2 aromatic heterocycles. The Morgan fingerprint density at radius 1 is 1.32 bits per heavy atom. The van der Waals surface area contributed by atoms with E-state index in [9.17, 15) is 0 Å². The predicted molar refractivity (Wildman–Crippen MR) is 77.1 cm³/mol. The summed E-state index contributed by atoms with van der Waals surface area (Å²) in [5.41, 5.74) is 8.99. The maximum Gasteiger partial charge on any atom is 0.157 e. The summed E-state index contributed by atoms with van der Waals surface area (Å²) in [5.74, 6) is 0. The fourth-order valence-electron chi connectivity index (χ4n) is 2.89. The second-order valence-electron chi connectivity index (χ2n) is 5.56. The molecule has 19 heavy (non-hydrogen) atoms. The van der Waals surface area contributed by atoms with Crippen molar-refractivity contribution in [2.24, 2.45) is 12.8 Å². The van der Waals surface area contributed by atoms with Gasteiger partial charge in [0.05, 0.1) is 17.6 Å². The molecule has 0 unspecified atom stereocenters. The molecular formula is C14H21N5. The summed E-state index contributed by atoms with van der Waals surface area (Å²) < 4.78 is 1.83. The quantitative estimate of drug-likeness (QED) is 0.865. The van der Waals surface area contributed by atoms with E-state index in [1.165, 1.54) is 0 Å². The Balaban J connectivity index is 1.80. The molecule has 0 saturated heterocycles. The molecule has 3 rings (SSSR count). The van der Waals surface area contributed by atoms with Gasteiger partial charge in [0.15, 0.2) is 5.65 Å². The number of anilines is 1. The zero-order chi connectivity index (χ0) is 13.4. The number of nitrogens with zero attached hydrogens (tertiary/aromatic N) is 3. The molecule has 1 fully saturated rings. The summed E-state index contributed by atoms with van der Waals surface area (Å²) in [6.45, 7) is 2.02. The van der Waals surface area contributed by atoms with Crippen molar-refractivity contribution in [2.45, 2.75) is 44.7 Å². The molecule has 0 aromatic carbocycles. The Labute approximate surface area is 113 Å². The number of rotatable bonds is 2. The minimum atomic E-state index is 0.388. The molecule has 102 valence electrons. The number of nitrogens with one attached hydrogen (secondary N) is 1. The molecule has 1 aliphatic carbocycles. The van der Waals surface area contributed by atoms with Crippen molar-refractivity contribution in [3.05, 3.63) is 18.0 Å². The number of hydrogen-bond donors (Lipinski definition) is 2. The van der Waals surface area contributed by atoms with E-state index in [1.807, 2.05) is 24.9 Å². The van der Waals surface area contributed by atoms with Crippen LogP contribution in [0.15, 0.2) is 12.3 Å². The standard InChI is InChI=1S/C14H21N5/c1-9-13-7-12(8-16-14(13)19(2)18-9)17-11-5-3-10(15)4-6-11/h7-8,10-11,17H,3-6,15H2,1-2H3. The van der Waals surface area contributed by atoms with E-state index >= 15 is 0 Å². The van der Waals surface area contributed by atoms with Crippen LogP contribution in [0.2, 0.25) is 0 Å². The van der Waals surface area contributed by atoms with Crippen molar-refractivity contribution in [3.8, 4) is 0 Å². The molecule has 0 bridgehead atoms. The molecule has 0 radical (unpaired) electrons. The molecule has 5 nitrogen and oxygen atoms in total. The van der Waals surface area contributed by atoms with Crippen LogP contribution in [-0.4, -0.2) is 26.8 Å². The summed E-state index contributed by atoms with van der Waals surface area (Å²) in [6.07, 6.45) is 6.41. The molecule has 0 atom stereocenters. The minimum absolute atomic E-state index is 0.388. The Kier molecular flexibility index (Phi) is 3.14. The van der Waals surface area contributed by atoms with Gasteiger partial charge in [0.2, 0.25) is 0 Å². The first-order chi connectivity index (χ1) is 9.13. The molecule has 1 aliphatic rings. The van der Waals surface area contributed by atoms with Gasteiger partial charge in [0, 0.05) is 24.5 Å². The van der Waals surface area contributed by atoms with Crippen LogP contribution in [0.4, 0.5) is 5.69 Å². The Morgan fingerprint density at radius 2 is 2.05 bits per heavy atom. The van der Waals surface area contributed by atoms with E-state index in [-0.39, 0.29) is 0 Å². The highest BCUT2D eigenvalue weighted by Crippen LogP contribution is 2.24. The SMILES string of the molecule is Cc1nn(C)c2ncc(NC3CCC(N)CC3)cc12. The van der Waals surface area contributed by atoms with E-state index < -0.39 is 0 Å². The second-order valence-corrected chi connectivity index (χ2v) is 5.56. The third-order valence-corrected chi connectivity index (χ3v) is 4.01. The van der Waals surface area contributed by atoms with E-state index in [0.717, 1.165) is 48.1 Å². The maximum absolute atomic E-state index is 5.94. The Bertz CT molecular complexity index is 581. The van der Waals surface area contributed by atoms with Gasteiger partial charge in [0.1, 0.15) is 0 Å². The summed E-state index contributed by atoms with van der Waals surface area (Å²) in [4.78, 5) is 4.50. The summed E-state index contributed by atoms with van der Waals surface area (Å²) in [7, 11) is 1.93. The van der Waals surface area contributed by atoms with Crippen molar-refractivity contribution in [2.75, 3.05) is 5.32 Å². The molecule has 2 aromatic rings. The number of pyridine rings is 1. The van der Waals surface area contributed by atoms with Gasteiger partial charge in [0.25, 0.3) is 0 Å². The lowest BCUT2D eigenvalue weighted by Gasteiger charge is -2.27. The monoisotopic (exact) mass is 259 g/mol. The molecule has 1 saturated carbocycles. The van der Waals surface area contributed by atoms with Crippen LogP contribution in [0.1, 0.15) is 31.4 Å². The van der Waals surface area contributed by atoms with Gasteiger partial charge in [-0.1, -0.05) is 0 Å². The van der Waals surface area contributed by atoms with Crippen LogP contribution in [-0.2, 0) is 7.05 Å². The third kappa shape index (κ3) is 2.42. The number of aromatic nitrogens is 3. The lowest BCUT2D eigenvalue weighted by molar-refractivity contribution is 0.411.